The number of amides is 1. The Morgan fingerprint density at radius 2 is 1.84 bits per heavy atom. The van der Waals surface area contributed by atoms with Crippen molar-refractivity contribution in [1.29, 1.82) is 0 Å². The SMILES string of the molecule is Cc1ccc(C)c(S(=O)(=O)Nc2cccc(C(=O)N3CCN(c4nccs4)CC3)c2)c1. The van der Waals surface area contributed by atoms with Gasteiger partial charge in [-0.3, -0.25) is 9.52 Å². The van der Waals surface area contributed by atoms with Crippen LogP contribution in [0.25, 0.3) is 0 Å². The van der Waals surface area contributed by atoms with Crippen molar-refractivity contribution in [2.24, 2.45) is 0 Å². The third kappa shape index (κ3) is 4.72. The Balaban J connectivity index is 1.47. The highest BCUT2D eigenvalue weighted by Crippen LogP contribution is 2.23. The summed E-state index contributed by atoms with van der Waals surface area (Å²) >= 11 is 1.59. The number of piperazine rings is 1. The molecule has 2 aromatic carbocycles. The monoisotopic (exact) mass is 456 g/mol. The smallest absolute Gasteiger partial charge is 0.262 e. The van der Waals surface area contributed by atoms with Gasteiger partial charge in [-0.2, -0.15) is 0 Å². The zero-order chi connectivity index (χ0) is 22.0. The van der Waals surface area contributed by atoms with Crippen LogP contribution in [0.5, 0.6) is 0 Å². The van der Waals surface area contributed by atoms with Crippen LogP contribution in [0, 0.1) is 13.8 Å². The average molecular weight is 457 g/mol. The van der Waals surface area contributed by atoms with Gasteiger partial charge in [-0.1, -0.05) is 18.2 Å². The first-order valence-electron chi connectivity index (χ1n) is 9.97. The van der Waals surface area contributed by atoms with Gasteiger partial charge >= 0.3 is 0 Å². The number of carbonyl (C=O) groups is 1. The molecule has 0 radical (unpaired) electrons. The third-order valence-corrected chi connectivity index (χ3v) is 7.61. The number of nitrogens with zero attached hydrogens (tertiary/aromatic N) is 3. The largest absolute Gasteiger partial charge is 0.345 e. The second kappa shape index (κ2) is 8.68. The first-order chi connectivity index (χ1) is 14.8. The molecule has 162 valence electrons. The van der Waals surface area contributed by atoms with Gasteiger partial charge in [0.15, 0.2) is 5.13 Å². The Morgan fingerprint density at radius 3 is 2.55 bits per heavy atom. The van der Waals surface area contributed by atoms with E-state index in [4.69, 9.17) is 0 Å². The molecule has 2 heterocycles. The van der Waals surface area contributed by atoms with E-state index in [1.54, 1.807) is 65.8 Å². The summed E-state index contributed by atoms with van der Waals surface area (Å²) in [6.45, 7) is 6.25. The molecule has 0 bridgehead atoms. The number of hydrogen-bond acceptors (Lipinski definition) is 6. The van der Waals surface area contributed by atoms with Gasteiger partial charge in [0.2, 0.25) is 0 Å². The molecule has 9 heteroatoms. The number of nitrogens with one attached hydrogen (secondary N) is 1. The predicted molar refractivity (Wildman–Crippen MR) is 123 cm³/mol. The van der Waals surface area contributed by atoms with Crippen LogP contribution in [0.1, 0.15) is 21.5 Å². The molecular formula is C22H24N4O3S2. The number of aromatic nitrogens is 1. The molecule has 4 rings (SSSR count). The number of aryl methyl sites for hydroxylation is 2. The van der Waals surface area contributed by atoms with Gasteiger partial charge in [-0.15, -0.1) is 11.3 Å². The number of carbonyl (C=O) groups excluding carboxylic acids is 1. The van der Waals surface area contributed by atoms with Crippen molar-refractivity contribution >= 4 is 38.1 Å². The Kier molecular flexibility index (Phi) is 5.97. The maximum Gasteiger partial charge on any atom is 0.262 e. The molecule has 0 aliphatic carbocycles. The van der Waals surface area contributed by atoms with E-state index in [9.17, 15) is 13.2 Å². The first-order valence-corrected chi connectivity index (χ1v) is 12.3. The Morgan fingerprint density at radius 1 is 1.06 bits per heavy atom. The summed E-state index contributed by atoms with van der Waals surface area (Å²) < 4.78 is 28.4. The molecule has 0 spiro atoms. The standard InChI is InChI=1S/C22H24N4O3S2/c1-16-6-7-17(2)20(14-16)31(28,29)24-19-5-3-4-18(15-19)21(27)25-9-11-26(12-10-25)22-23-8-13-30-22/h3-8,13-15,24H,9-12H2,1-2H3. The summed E-state index contributed by atoms with van der Waals surface area (Å²) in [5, 5.41) is 2.91. The molecule has 1 saturated heterocycles. The highest BCUT2D eigenvalue weighted by atomic mass is 32.2. The molecular weight excluding hydrogens is 432 g/mol. The third-order valence-electron chi connectivity index (χ3n) is 5.25. The Hall–Kier alpha value is -2.91. The molecule has 31 heavy (non-hydrogen) atoms. The van der Waals surface area contributed by atoms with Gasteiger partial charge in [0, 0.05) is 49.0 Å². The minimum atomic E-state index is -3.75. The second-order valence-corrected chi connectivity index (χ2v) is 10.1. The molecule has 0 saturated carbocycles. The van der Waals surface area contributed by atoms with Gasteiger partial charge in [-0.25, -0.2) is 13.4 Å². The van der Waals surface area contributed by atoms with E-state index in [-0.39, 0.29) is 10.8 Å². The van der Waals surface area contributed by atoms with E-state index in [2.05, 4.69) is 14.6 Å². The number of hydrogen-bond donors (Lipinski definition) is 1. The lowest BCUT2D eigenvalue weighted by Crippen LogP contribution is -2.48. The van der Waals surface area contributed by atoms with E-state index in [0.717, 1.165) is 23.8 Å². The minimum Gasteiger partial charge on any atom is -0.345 e. The Labute approximate surface area is 186 Å². The zero-order valence-electron chi connectivity index (χ0n) is 17.4. The van der Waals surface area contributed by atoms with Gasteiger partial charge in [0.1, 0.15) is 0 Å². The lowest BCUT2D eigenvalue weighted by atomic mass is 10.1. The highest BCUT2D eigenvalue weighted by molar-refractivity contribution is 7.92. The van der Waals surface area contributed by atoms with Crippen molar-refractivity contribution in [2.75, 3.05) is 35.8 Å². The van der Waals surface area contributed by atoms with Crippen LogP contribution in [0.15, 0.2) is 58.9 Å². The molecule has 1 aliphatic rings. The van der Waals surface area contributed by atoms with Gasteiger partial charge in [-0.05, 0) is 49.2 Å². The van der Waals surface area contributed by atoms with E-state index >= 15 is 0 Å². The van der Waals surface area contributed by atoms with Crippen LogP contribution in [0.4, 0.5) is 10.8 Å². The molecule has 1 aromatic heterocycles. The lowest BCUT2D eigenvalue weighted by Gasteiger charge is -2.34. The van der Waals surface area contributed by atoms with Crippen LogP contribution >= 0.6 is 11.3 Å². The predicted octanol–water partition coefficient (Wildman–Crippen LogP) is 3.52. The number of rotatable bonds is 5. The van der Waals surface area contributed by atoms with Crippen LogP contribution in [-0.4, -0.2) is 50.4 Å². The van der Waals surface area contributed by atoms with E-state index < -0.39 is 10.0 Å². The topological polar surface area (TPSA) is 82.6 Å². The van der Waals surface area contributed by atoms with Crippen LogP contribution in [-0.2, 0) is 10.0 Å². The van der Waals surface area contributed by atoms with Crippen molar-refractivity contribution < 1.29 is 13.2 Å². The van der Waals surface area contributed by atoms with Crippen molar-refractivity contribution in [2.45, 2.75) is 18.7 Å². The molecule has 3 aromatic rings. The quantitative estimate of drug-likeness (QED) is 0.635. The minimum absolute atomic E-state index is 0.105. The summed E-state index contributed by atoms with van der Waals surface area (Å²) in [6, 6.07) is 12.0. The fraction of sp³-hybridized carbons (Fsp3) is 0.273. The van der Waals surface area contributed by atoms with Crippen LogP contribution < -0.4 is 9.62 Å². The Bertz CT molecular complexity index is 1190. The lowest BCUT2D eigenvalue weighted by molar-refractivity contribution is 0.0747. The van der Waals surface area contributed by atoms with Gasteiger partial charge < -0.3 is 9.80 Å². The maximum absolute atomic E-state index is 13.0. The van der Waals surface area contributed by atoms with Crippen LogP contribution in [0.2, 0.25) is 0 Å². The molecule has 0 unspecified atom stereocenters. The molecule has 1 aliphatic heterocycles. The number of thiazole rings is 1. The van der Waals surface area contributed by atoms with E-state index in [0.29, 0.717) is 29.9 Å². The number of sulfonamides is 1. The zero-order valence-corrected chi connectivity index (χ0v) is 19.0. The fourth-order valence-corrected chi connectivity index (χ4v) is 5.66. The number of anilines is 2. The summed E-state index contributed by atoms with van der Waals surface area (Å²) in [5.74, 6) is -0.105. The summed E-state index contributed by atoms with van der Waals surface area (Å²) in [7, 11) is -3.75. The fourth-order valence-electron chi connectivity index (χ4n) is 3.58. The van der Waals surface area contributed by atoms with E-state index in [1.165, 1.54) is 0 Å². The van der Waals surface area contributed by atoms with Crippen molar-refractivity contribution in [3.63, 3.8) is 0 Å². The molecule has 1 N–H and O–H groups in total. The van der Waals surface area contributed by atoms with Gasteiger partial charge in [0.05, 0.1) is 4.90 Å². The van der Waals surface area contributed by atoms with E-state index in [1.807, 2.05) is 18.4 Å². The summed E-state index contributed by atoms with van der Waals surface area (Å²) in [5.41, 5.74) is 2.37. The molecule has 0 atom stereocenters. The van der Waals surface area contributed by atoms with Crippen molar-refractivity contribution in [3.05, 3.63) is 70.7 Å². The first kappa shape index (κ1) is 21.3. The van der Waals surface area contributed by atoms with Crippen molar-refractivity contribution in [3.8, 4) is 0 Å². The summed E-state index contributed by atoms with van der Waals surface area (Å²) in [6.07, 6.45) is 1.78. The summed E-state index contributed by atoms with van der Waals surface area (Å²) in [4.78, 5) is 21.5. The van der Waals surface area contributed by atoms with Crippen LogP contribution in [0.3, 0.4) is 0 Å². The average Bonchev–Trinajstić information content (AvgIpc) is 3.30. The molecule has 1 amide bonds. The van der Waals surface area contributed by atoms with Gasteiger partial charge in [0.25, 0.3) is 15.9 Å². The molecule has 1 fully saturated rings. The van der Waals surface area contributed by atoms with Crippen molar-refractivity contribution in [1.82, 2.24) is 9.88 Å². The number of benzene rings is 2. The maximum atomic E-state index is 13.0. The highest BCUT2D eigenvalue weighted by Gasteiger charge is 2.24. The second-order valence-electron chi connectivity index (χ2n) is 7.55. The molecule has 7 nitrogen and oxygen atoms in total. The normalized spacial score (nSPS) is 14.5.